The van der Waals surface area contributed by atoms with Gasteiger partial charge < -0.3 is 15.1 Å². The van der Waals surface area contributed by atoms with Gasteiger partial charge in [-0.2, -0.15) is 0 Å². The highest BCUT2D eigenvalue weighted by atomic mass is 16.4. The minimum Gasteiger partial charge on any atom is -0.481 e. The summed E-state index contributed by atoms with van der Waals surface area (Å²) in [4.78, 5) is 13.4. The van der Waals surface area contributed by atoms with Crippen molar-refractivity contribution in [3.63, 3.8) is 0 Å². The van der Waals surface area contributed by atoms with Gasteiger partial charge >= 0.3 is 5.97 Å². The fourth-order valence-electron chi connectivity index (χ4n) is 2.23. The number of rotatable bonds is 3. The zero-order valence-electron chi connectivity index (χ0n) is 10.7. The molecule has 0 aromatic carbocycles. The van der Waals surface area contributed by atoms with E-state index in [2.05, 4.69) is 18.7 Å². The Bertz CT molecular complexity index is 265. The molecule has 0 bridgehead atoms. The van der Waals surface area contributed by atoms with Crippen LogP contribution in [0.1, 0.15) is 40.5 Å². The summed E-state index contributed by atoms with van der Waals surface area (Å²) in [5.41, 5.74) is -2.15. The molecule has 16 heavy (non-hydrogen) atoms. The second kappa shape index (κ2) is 4.34. The smallest absolute Gasteiger partial charge is 0.312 e. The van der Waals surface area contributed by atoms with E-state index >= 15 is 0 Å². The van der Waals surface area contributed by atoms with Crippen LogP contribution in [-0.4, -0.2) is 45.8 Å². The number of carboxylic acid groups (broad SMARTS) is 1. The highest BCUT2D eigenvalue weighted by Crippen LogP contribution is 2.39. The van der Waals surface area contributed by atoms with Crippen LogP contribution in [0.5, 0.6) is 0 Å². The molecule has 0 aliphatic carbocycles. The van der Waals surface area contributed by atoms with Crippen LogP contribution in [0.4, 0.5) is 0 Å². The molecule has 4 heteroatoms. The van der Waals surface area contributed by atoms with Gasteiger partial charge in [0.05, 0.1) is 11.0 Å². The van der Waals surface area contributed by atoms with Crippen LogP contribution in [0.2, 0.25) is 0 Å². The molecule has 1 fully saturated rings. The minimum absolute atomic E-state index is 0.456. The molecule has 1 aliphatic rings. The first-order valence-electron chi connectivity index (χ1n) is 5.90. The molecule has 4 nitrogen and oxygen atoms in total. The predicted molar refractivity (Wildman–Crippen MR) is 62.3 cm³/mol. The number of carboxylic acids is 1. The lowest BCUT2D eigenvalue weighted by Crippen LogP contribution is -2.56. The Hall–Kier alpha value is -0.610. The van der Waals surface area contributed by atoms with Gasteiger partial charge in [-0.3, -0.25) is 4.79 Å². The highest BCUT2D eigenvalue weighted by Gasteiger charge is 2.50. The summed E-state index contributed by atoms with van der Waals surface area (Å²) in [7, 11) is 0. The summed E-state index contributed by atoms with van der Waals surface area (Å²) in [6.07, 6.45) is 1.06. The average Bonchev–Trinajstić information content (AvgIpc) is 2.17. The standard InChI is InChI=1S/C12H23NO3/c1-9(2)13-7-5-12(16,6-8-13)11(3,4)10(14)15/h9,16H,5-8H2,1-4H3,(H,14,15). The number of aliphatic carboxylic acids is 1. The Balaban J connectivity index is 2.73. The Morgan fingerprint density at radius 2 is 1.75 bits per heavy atom. The molecule has 94 valence electrons. The molecule has 0 atom stereocenters. The number of hydrogen-bond donors (Lipinski definition) is 2. The lowest BCUT2D eigenvalue weighted by atomic mass is 9.69. The van der Waals surface area contributed by atoms with Gasteiger partial charge in [0.2, 0.25) is 0 Å². The second-order valence-electron chi connectivity index (χ2n) is 5.59. The first-order valence-corrected chi connectivity index (χ1v) is 5.90. The topological polar surface area (TPSA) is 60.8 Å². The normalized spacial score (nSPS) is 22.4. The SMILES string of the molecule is CC(C)N1CCC(O)(C(C)(C)C(=O)O)CC1. The summed E-state index contributed by atoms with van der Waals surface area (Å²) >= 11 is 0. The number of nitrogens with zero attached hydrogens (tertiary/aromatic N) is 1. The van der Waals surface area contributed by atoms with Crippen LogP contribution in [0, 0.1) is 5.41 Å². The Labute approximate surface area is 97.3 Å². The Morgan fingerprint density at radius 1 is 1.31 bits per heavy atom. The van der Waals surface area contributed by atoms with Crippen LogP contribution in [0.25, 0.3) is 0 Å². The van der Waals surface area contributed by atoms with Gasteiger partial charge in [0.1, 0.15) is 0 Å². The van der Waals surface area contributed by atoms with Crippen molar-refractivity contribution in [1.29, 1.82) is 0 Å². The number of hydrogen-bond acceptors (Lipinski definition) is 3. The van der Waals surface area contributed by atoms with Crippen molar-refractivity contribution < 1.29 is 15.0 Å². The largest absolute Gasteiger partial charge is 0.481 e. The molecule has 1 aliphatic heterocycles. The van der Waals surface area contributed by atoms with Crippen molar-refractivity contribution in [3.05, 3.63) is 0 Å². The zero-order valence-corrected chi connectivity index (χ0v) is 10.7. The van der Waals surface area contributed by atoms with E-state index in [-0.39, 0.29) is 0 Å². The maximum absolute atomic E-state index is 11.2. The predicted octanol–water partition coefficient (Wildman–Crippen LogP) is 1.33. The van der Waals surface area contributed by atoms with Crippen LogP contribution < -0.4 is 0 Å². The number of likely N-dealkylation sites (tertiary alicyclic amines) is 1. The van der Waals surface area contributed by atoms with Gasteiger partial charge in [-0.1, -0.05) is 0 Å². The fourth-order valence-corrected chi connectivity index (χ4v) is 2.23. The quantitative estimate of drug-likeness (QED) is 0.766. The molecule has 0 aromatic heterocycles. The number of aliphatic hydroxyl groups is 1. The highest BCUT2D eigenvalue weighted by molar-refractivity contribution is 5.75. The van der Waals surface area contributed by atoms with Crippen molar-refractivity contribution in [2.24, 2.45) is 5.41 Å². The maximum atomic E-state index is 11.2. The van der Waals surface area contributed by atoms with Gasteiger partial charge in [0, 0.05) is 19.1 Å². The number of piperidine rings is 1. The summed E-state index contributed by atoms with van der Waals surface area (Å²) in [5.74, 6) is -0.923. The molecule has 0 unspecified atom stereocenters. The molecule has 0 spiro atoms. The third-order valence-electron chi connectivity index (χ3n) is 4.05. The molecule has 0 saturated carbocycles. The zero-order chi connectivity index (χ0) is 12.6. The third-order valence-corrected chi connectivity index (χ3v) is 4.05. The van der Waals surface area contributed by atoms with Crippen LogP contribution in [-0.2, 0) is 4.79 Å². The molecule has 0 amide bonds. The summed E-state index contributed by atoms with van der Waals surface area (Å²) in [6.45, 7) is 9.00. The molecule has 1 saturated heterocycles. The van der Waals surface area contributed by atoms with Crippen molar-refractivity contribution >= 4 is 5.97 Å². The van der Waals surface area contributed by atoms with E-state index in [9.17, 15) is 9.90 Å². The van der Waals surface area contributed by atoms with Gasteiger partial charge in [-0.15, -0.1) is 0 Å². The molecule has 0 aromatic rings. The van der Waals surface area contributed by atoms with E-state index in [1.807, 2.05) is 0 Å². The van der Waals surface area contributed by atoms with Crippen molar-refractivity contribution in [1.82, 2.24) is 4.90 Å². The molecule has 1 heterocycles. The van der Waals surface area contributed by atoms with E-state index in [0.29, 0.717) is 18.9 Å². The van der Waals surface area contributed by atoms with E-state index < -0.39 is 17.0 Å². The Morgan fingerprint density at radius 3 is 2.06 bits per heavy atom. The molecule has 0 radical (unpaired) electrons. The van der Waals surface area contributed by atoms with Gasteiger partial charge in [-0.05, 0) is 40.5 Å². The van der Waals surface area contributed by atoms with Crippen LogP contribution >= 0.6 is 0 Å². The van der Waals surface area contributed by atoms with Crippen molar-refractivity contribution in [2.45, 2.75) is 52.2 Å². The Kier molecular flexibility index (Phi) is 3.65. The number of carbonyl (C=O) groups is 1. The average molecular weight is 229 g/mol. The third kappa shape index (κ3) is 2.23. The molecule has 1 rings (SSSR count). The molecular weight excluding hydrogens is 206 g/mol. The first-order chi connectivity index (χ1) is 7.21. The summed E-state index contributed by atoms with van der Waals surface area (Å²) < 4.78 is 0. The van der Waals surface area contributed by atoms with Crippen molar-refractivity contribution in [3.8, 4) is 0 Å². The molecule has 2 N–H and O–H groups in total. The lowest BCUT2D eigenvalue weighted by Gasteiger charge is -2.46. The summed E-state index contributed by atoms with van der Waals surface area (Å²) in [5, 5.41) is 19.6. The first kappa shape index (κ1) is 13.5. The summed E-state index contributed by atoms with van der Waals surface area (Å²) in [6, 6.07) is 0.456. The minimum atomic E-state index is -1.08. The van der Waals surface area contributed by atoms with E-state index in [1.165, 1.54) is 0 Å². The molecular formula is C12H23NO3. The van der Waals surface area contributed by atoms with Crippen molar-refractivity contribution in [2.75, 3.05) is 13.1 Å². The van der Waals surface area contributed by atoms with Gasteiger partial charge in [0.25, 0.3) is 0 Å². The maximum Gasteiger partial charge on any atom is 0.312 e. The van der Waals surface area contributed by atoms with Crippen LogP contribution in [0.3, 0.4) is 0 Å². The van der Waals surface area contributed by atoms with Gasteiger partial charge in [0.15, 0.2) is 0 Å². The van der Waals surface area contributed by atoms with E-state index in [4.69, 9.17) is 5.11 Å². The van der Waals surface area contributed by atoms with E-state index in [0.717, 1.165) is 13.1 Å². The van der Waals surface area contributed by atoms with Crippen LogP contribution in [0.15, 0.2) is 0 Å². The van der Waals surface area contributed by atoms with E-state index in [1.54, 1.807) is 13.8 Å². The fraction of sp³-hybridized carbons (Fsp3) is 0.917. The lowest BCUT2D eigenvalue weighted by molar-refractivity contribution is -0.171. The van der Waals surface area contributed by atoms with Gasteiger partial charge in [-0.25, -0.2) is 0 Å². The monoisotopic (exact) mass is 229 g/mol. The second-order valence-corrected chi connectivity index (χ2v) is 5.59.